The molecule has 0 aliphatic carbocycles. The quantitative estimate of drug-likeness (QED) is 0.527. The normalized spacial score (nSPS) is 13.6. The molecule has 94 valence electrons. The predicted molar refractivity (Wildman–Crippen MR) is 68.7 cm³/mol. The summed E-state index contributed by atoms with van der Waals surface area (Å²) < 4.78 is 0.891. The first kappa shape index (κ1) is 15.2. The summed E-state index contributed by atoms with van der Waals surface area (Å²) in [5, 5.41) is 0. The van der Waals surface area contributed by atoms with Crippen molar-refractivity contribution in [3.05, 3.63) is 11.3 Å². The number of hydrogen-bond donors (Lipinski definition) is 1. The number of amides is 1. The van der Waals surface area contributed by atoms with Crippen LogP contribution in [-0.4, -0.2) is 30.0 Å². The number of nitrogens with two attached hydrogens (primary N) is 1. The summed E-state index contributed by atoms with van der Waals surface area (Å²) in [6.07, 6.45) is 2.02. The third-order valence-electron chi connectivity index (χ3n) is 3.68. The molecule has 0 fully saturated rings. The monoisotopic (exact) mass is 227 g/mol. The van der Waals surface area contributed by atoms with Crippen LogP contribution in [0.4, 0.5) is 0 Å². The van der Waals surface area contributed by atoms with Crippen molar-refractivity contribution in [1.82, 2.24) is 0 Å². The molecule has 0 aliphatic rings. The van der Waals surface area contributed by atoms with Gasteiger partial charge in [0, 0.05) is 6.42 Å². The Morgan fingerprint density at radius 1 is 1.06 bits per heavy atom. The van der Waals surface area contributed by atoms with E-state index in [1.807, 2.05) is 6.92 Å². The molecule has 0 saturated carbocycles. The molecule has 0 bridgehead atoms. The lowest BCUT2D eigenvalue weighted by molar-refractivity contribution is -0.888. The Bertz CT molecular complexity index is 257. The summed E-state index contributed by atoms with van der Waals surface area (Å²) in [6.45, 7) is 13.6. The minimum atomic E-state index is -0.277. The Morgan fingerprint density at radius 2 is 1.50 bits per heavy atom. The summed E-state index contributed by atoms with van der Waals surface area (Å²) in [7, 11) is 0. The van der Waals surface area contributed by atoms with Gasteiger partial charge in [-0.25, -0.2) is 0 Å². The van der Waals surface area contributed by atoms with Crippen LogP contribution in [0.3, 0.4) is 0 Å². The molecule has 0 radical (unpaired) electrons. The first-order valence-electron chi connectivity index (χ1n) is 6.35. The van der Waals surface area contributed by atoms with Crippen molar-refractivity contribution in [2.24, 2.45) is 5.73 Å². The summed E-state index contributed by atoms with van der Waals surface area (Å²) in [4.78, 5) is 11.4. The van der Waals surface area contributed by atoms with E-state index in [0.29, 0.717) is 0 Å². The molecule has 0 heterocycles. The van der Waals surface area contributed by atoms with E-state index in [1.165, 1.54) is 5.70 Å². The molecule has 1 amide bonds. The molecule has 0 spiro atoms. The third kappa shape index (κ3) is 3.08. The van der Waals surface area contributed by atoms with Crippen molar-refractivity contribution in [3.63, 3.8) is 0 Å². The molecule has 16 heavy (non-hydrogen) atoms. The summed E-state index contributed by atoms with van der Waals surface area (Å²) in [6, 6.07) is 0. The number of rotatable bonds is 7. The Labute approximate surface area is 99.9 Å². The van der Waals surface area contributed by atoms with Gasteiger partial charge >= 0.3 is 0 Å². The fourth-order valence-electron chi connectivity index (χ4n) is 2.40. The molecule has 3 heteroatoms. The molecular formula is C13H27N2O+. The highest BCUT2D eigenvalue weighted by molar-refractivity contribution is 5.91. The van der Waals surface area contributed by atoms with E-state index in [4.69, 9.17) is 5.73 Å². The van der Waals surface area contributed by atoms with E-state index < -0.39 is 0 Å². The molecular weight excluding hydrogens is 200 g/mol. The molecule has 0 aromatic carbocycles. The Kier molecular flexibility index (Phi) is 6.34. The zero-order chi connectivity index (χ0) is 12.8. The molecule has 0 atom stereocenters. The van der Waals surface area contributed by atoms with Gasteiger partial charge in [-0.1, -0.05) is 6.92 Å². The predicted octanol–water partition coefficient (Wildman–Crippen LogP) is 2.42. The van der Waals surface area contributed by atoms with Crippen molar-refractivity contribution in [2.75, 3.05) is 19.6 Å². The summed E-state index contributed by atoms with van der Waals surface area (Å²) in [5.74, 6) is -0.277. The number of carbonyl (C=O) groups excluding carboxylic acids is 1. The van der Waals surface area contributed by atoms with Gasteiger partial charge in [-0.3, -0.25) is 9.28 Å². The van der Waals surface area contributed by atoms with Crippen LogP contribution in [0.1, 0.15) is 47.5 Å². The van der Waals surface area contributed by atoms with E-state index >= 15 is 0 Å². The molecule has 0 unspecified atom stereocenters. The molecule has 0 aromatic rings. The highest BCUT2D eigenvalue weighted by Crippen LogP contribution is 2.25. The average Bonchev–Trinajstić information content (AvgIpc) is 2.29. The van der Waals surface area contributed by atoms with Gasteiger partial charge in [-0.05, 0) is 34.1 Å². The van der Waals surface area contributed by atoms with Gasteiger partial charge in [0.15, 0.2) is 0 Å². The van der Waals surface area contributed by atoms with Crippen LogP contribution in [0.15, 0.2) is 11.3 Å². The van der Waals surface area contributed by atoms with Crippen LogP contribution in [0.5, 0.6) is 0 Å². The number of quaternary nitrogens is 1. The molecule has 3 nitrogen and oxygen atoms in total. The Morgan fingerprint density at radius 3 is 1.75 bits per heavy atom. The zero-order valence-electron chi connectivity index (χ0n) is 11.5. The smallest absolute Gasteiger partial charge is 0.249 e. The second-order valence-electron chi connectivity index (χ2n) is 4.28. The van der Waals surface area contributed by atoms with Gasteiger partial charge in [-0.15, -0.1) is 0 Å². The lowest BCUT2D eigenvalue weighted by atomic mass is 10.1. The standard InChI is InChI=1S/C13H26N2O/c1-6-10-12(11(5)13(14)16)15(7-2,8-3)9-4/h6-10H2,1-5H3,(H-,14,16)/p+1. The van der Waals surface area contributed by atoms with Crippen LogP contribution in [0, 0.1) is 0 Å². The maximum atomic E-state index is 11.4. The van der Waals surface area contributed by atoms with Crippen molar-refractivity contribution in [1.29, 1.82) is 0 Å². The fourth-order valence-corrected chi connectivity index (χ4v) is 2.40. The number of carbonyl (C=O) groups is 1. The highest BCUT2D eigenvalue weighted by atomic mass is 16.1. The minimum absolute atomic E-state index is 0.277. The SMILES string of the molecule is CCCC(=C(C)C(N)=O)[N+](CC)(CC)CC. The van der Waals surface area contributed by atoms with Crippen molar-refractivity contribution in [2.45, 2.75) is 47.5 Å². The lowest BCUT2D eigenvalue weighted by Gasteiger charge is -2.38. The largest absolute Gasteiger partial charge is 0.366 e. The first-order valence-corrected chi connectivity index (χ1v) is 6.35. The van der Waals surface area contributed by atoms with Crippen LogP contribution < -0.4 is 5.73 Å². The van der Waals surface area contributed by atoms with E-state index in [-0.39, 0.29) is 5.91 Å². The van der Waals surface area contributed by atoms with E-state index in [0.717, 1.165) is 42.5 Å². The van der Waals surface area contributed by atoms with Gasteiger partial charge in [0.2, 0.25) is 5.91 Å². The first-order chi connectivity index (χ1) is 7.48. The van der Waals surface area contributed by atoms with Gasteiger partial charge in [-0.2, -0.15) is 0 Å². The number of allylic oxidation sites excluding steroid dienone is 1. The van der Waals surface area contributed by atoms with Crippen LogP contribution >= 0.6 is 0 Å². The second-order valence-corrected chi connectivity index (χ2v) is 4.28. The molecule has 0 aliphatic heterocycles. The average molecular weight is 227 g/mol. The minimum Gasteiger partial charge on any atom is -0.366 e. The fraction of sp³-hybridized carbons (Fsp3) is 0.769. The molecule has 0 saturated heterocycles. The lowest BCUT2D eigenvalue weighted by Crippen LogP contribution is -2.47. The Hall–Kier alpha value is -0.830. The van der Waals surface area contributed by atoms with E-state index in [2.05, 4.69) is 27.7 Å². The number of primary amides is 1. The number of nitrogens with zero attached hydrogens (tertiary/aromatic N) is 1. The summed E-state index contributed by atoms with van der Waals surface area (Å²) in [5.41, 5.74) is 7.40. The van der Waals surface area contributed by atoms with Gasteiger partial charge < -0.3 is 5.73 Å². The Balaban J connectivity index is 5.47. The third-order valence-corrected chi connectivity index (χ3v) is 3.68. The highest BCUT2D eigenvalue weighted by Gasteiger charge is 2.29. The van der Waals surface area contributed by atoms with Crippen LogP contribution in [-0.2, 0) is 4.79 Å². The van der Waals surface area contributed by atoms with Gasteiger partial charge in [0.1, 0.15) is 5.70 Å². The van der Waals surface area contributed by atoms with Crippen molar-refractivity contribution >= 4 is 5.91 Å². The van der Waals surface area contributed by atoms with Gasteiger partial charge in [0.05, 0.1) is 25.2 Å². The maximum absolute atomic E-state index is 11.4. The van der Waals surface area contributed by atoms with Crippen LogP contribution in [0.2, 0.25) is 0 Å². The molecule has 2 N–H and O–H groups in total. The number of hydrogen-bond acceptors (Lipinski definition) is 1. The zero-order valence-corrected chi connectivity index (χ0v) is 11.5. The topological polar surface area (TPSA) is 43.1 Å². The van der Waals surface area contributed by atoms with E-state index in [9.17, 15) is 4.79 Å². The van der Waals surface area contributed by atoms with E-state index in [1.54, 1.807) is 0 Å². The maximum Gasteiger partial charge on any atom is 0.249 e. The molecule has 0 rings (SSSR count). The van der Waals surface area contributed by atoms with Gasteiger partial charge in [0.25, 0.3) is 0 Å². The second kappa shape index (κ2) is 6.69. The van der Waals surface area contributed by atoms with Crippen molar-refractivity contribution in [3.8, 4) is 0 Å². The molecule has 0 aromatic heterocycles. The summed E-state index contributed by atoms with van der Waals surface area (Å²) >= 11 is 0. The van der Waals surface area contributed by atoms with Crippen molar-refractivity contribution < 1.29 is 9.28 Å². The van der Waals surface area contributed by atoms with Crippen LogP contribution in [0.25, 0.3) is 0 Å².